The number of fused-ring (bicyclic) bond motifs is 1. The van der Waals surface area contributed by atoms with Gasteiger partial charge in [-0.3, -0.25) is 9.78 Å². The standard InChI is InChI=1S/C24H27N3O4/c28-20-5-7-26(16-20)8-6-21-14-19-13-17(2-4-23(19)31-21)18-1-3-22(25-15-18)24(29)27-9-11-30-12-10-27/h1-4,13-15,20,28H,5-12,16H2/t20-/m1/s1. The molecule has 0 bridgehead atoms. The molecular weight excluding hydrogens is 394 g/mol. The fraction of sp³-hybridized carbons (Fsp3) is 0.417. The van der Waals surface area contributed by atoms with Crippen molar-refractivity contribution in [2.75, 3.05) is 45.9 Å². The van der Waals surface area contributed by atoms with Crippen LogP contribution in [0.1, 0.15) is 22.7 Å². The van der Waals surface area contributed by atoms with Crippen molar-refractivity contribution >= 4 is 16.9 Å². The first kappa shape index (κ1) is 20.2. The Morgan fingerprint density at radius 3 is 2.68 bits per heavy atom. The molecule has 2 aliphatic rings. The van der Waals surface area contributed by atoms with E-state index in [0.717, 1.165) is 60.3 Å². The molecule has 0 aliphatic carbocycles. The number of aliphatic hydroxyl groups is 1. The Morgan fingerprint density at radius 1 is 1.10 bits per heavy atom. The number of carbonyl (C=O) groups excluding carboxylic acids is 1. The van der Waals surface area contributed by atoms with Gasteiger partial charge < -0.3 is 24.1 Å². The van der Waals surface area contributed by atoms with Crippen molar-refractivity contribution in [1.82, 2.24) is 14.8 Å². The first-order chi connectivity index (χ1) is 15.2. The van der Waals surface area contributed by atoms with Crippen LogP contribution in [0.15, 0.2) is 47.0 Å². The minimum Gasteiger partial charge on any atom is -0.461 e. The summed E-state index contributed by atoms with van der Waals surface area (Å²) in [6.45, 7) is 4.98. The van der Waals surface area contributed by atoms with E-state index in [1.807, 2.05) is 18.2 Å². The number of carbonyl (C=O) groups is 1. The molecule has 2 aliphatic heterocycles. The van der Waals surface area contributed by atoms with Crippen LogP contribution in [0.3, 0.4) is 0 Å². The molecule has 2 fully saturated rings. The van der Waals surface area contributed by atoms with Crippen molar-refractivity contribution in [3.05, 3.63) is 54.0 Å². The lowest BCUT2D eigenvalue weighted by Gasteiger charge is -2.26. The van der Waals surface area contributed by atoms with Gasteiger partial charge in [0, 0.05) is 56.3 Å². The molecule has 7 heteroatoms. The molecule has 5 rings (SSSR count). The Hall–Kier alpha value is -2.74. The second-order valence-corrected chi connectivity index (χ2v) is 8.30. The van der Waals surface area contributed by atoms with Crippen LogP contribution in [-0.2, 0) is 11.2 Å². The molecule has 2 saturated heterocycles. The summed E-state index contributed by atoms with van der Waals surface area (Å²) in [5.41, 5.74) is 3.34. The number of furan rings is 1. The average Bonchev–Trinajstić information content (AvgIpc) is 3.42. The number of aromatic nitrogens is 1. The van der Waals surface area contributed by atoms with Gasteiger partial charge in [0.1, 0.15) is 17.0 Å². The van der Waals surface area contributed by atoms with E-state index >= 15 is 0 Å². The van der Waals surface area contributed by atoms with Gasteiger partial charge in [-0.2, -0.15) is 0 Å². The monoisotopic (exact) mass is 421 g/mol. The van der Waals surface area contributed by atoms with Crippen LogP contribution in [0.25, 0.3) is 22.1 Å². The molecule has 0 unspecified atom stereocenters. The van der Waals surface area contributed by atoms with E-state index in [2.05, 4.69) is 22.0 Å². The normalized spacial score (nSPS) is 19.9. The van der Waals surface area contributed by atoms with Gasteiger partial charge in [0.25, 0.3) is 5.91 Å². The Labute approximate surface area is 181 Å². The molecule has 1 aromatic carbocycles. The molecule has 0 radical (unpaired) electrons. The lowest BCUT2D eigenvalue weighted by atomic mass is 10.1. The van der Waals surface area contributed by atoms with E-state index in [1.54, 1.807) is 17.2 Å². The summed E-state index contributed by atoms with van der Waals surface area (Å²) in [6.07, 6.45) is 3.25. The summed E-state index contributed by atoms with van der Waals surface area (Å²) < 4.78 is 11.3. The fourth-order valence-corrected chi connectivity index (χ4v) is 4.30. The maximum Gasteiger partial charge on any atom is 0.272 e. The van der Waals surface area contributed by atoms with E-state index in [9.17, 15) is 9.90 Å². The maximum absolute atomic E-state index is 12.6. The summed E-state index contributed by atoms with van der Waals surface area (Å²) in [6, 6.07) is 11.9. The number of hydrogen-bond donors (Lipinski definition) is 1. The SMILES string of the molecule is O=C(c1ccc(-c2ccc3oc(CCN4CC[C@@H](O)C4)cc3c2)cn1)N1CCOCC1. The third-order valence-electron chi connectivity index (χ3n) is 6.10. The van der Waals surface area contributed by atoms with Crippen molar-refractivity contribution in [2.45, 2.75) is 18.9 Å². The zero-order valence-electron chi connectivity index (χ0n) is 17.5. The summed E-state index contributed by atoms with van der Waals surface area (Å²) in [5, 5.41) is 10.7. The molecule has 0 saturated carbocycles. The predicted octanol–water partition coefficient (Wildman–Crippen LogP) is 2.58. The Kier molecular flexibility index (Phi) is 5.72. The zero-order valence-corrected chi connectivity index (χ0v) is 17.5. The number of benzene rings is 1. The Bertz CT molecular complexity index is 1060. The number of amides is 1. The van der Waals surface area contributed by atoms with Crippen LogP contribution < -0.4 is 0 Å². The first-order valence-corrected chi connectivity index (χ1v) is 10.9. The number of aliphatic hydroxyl groups excluding tert-OH is 1. The molecule has 31 heavy (non-hydrogen) atoms. The third kappa shape index (κ3) is 4.49. The minimum atomic E-state index is -0.192. The van der Waals surface area contributed by atoms with Gasteiger partial charge in [-0.25, -0.2) is 0 Å². The van der Waals surface area contributed by atoms with Crippen LogP contribution in [0.4, 0.5) is 0 Å². The third-order valence-corrected chi connectivity index (χ3v) is 6.10. The van der Waals surface area contributed by atoms with Gasteiger partial charge in [-0.15, -0.1) is 0 Å². The molecule has 3 aromatic rings. The quantitative estimate of drug-likeness (QED) is 0.682. The first-order valence-electron chi connectivity index (χ1n) is 10.9. The van der Waals surface area contributed by atoms with Crippen LogP contribution in [0.5, 0.6) is 0 Å². The largest absolute Gasteiger partial charge is 0.461 e. The van der Waals surface area contributed by atoms with Crippen molar-refractivity contribution in [3.63, 3.8) is 0 Å². The molecule has 1 amide bonds. The molecule has 1 atom stereocenters. The lowest BCUT2D eigenvalue weighted by molar-refractivity contribution is 0.0299. The Balaban J connectivity index is 1.28. The maximum atomic E-state index is 12.6. The summed E-state index contributed by atoms with van der Waals surface area (Å²) in [4.78, 5) is 21.0. The zero-order chi connectivity index (χ0) is 21.2. The number of hydrogen-bond acceptors (Lipinski definition) is 6. The van der Waals surface area contributed by atoms with E-state index in [0.29, 0.717) is 32.0 Å². The highest BCUT2D eigenvalue weighted by molar-refractivity contribution is 5.93. The predicted molar refractivity (Wildman–Crippen MR) is 117 cm³/mol. The number of nitrogens with zero attached hydrogens (tertiary/aromatic N) is 3. The van der Waals surface area contributed by atoms with Gasteiger partial charge >= 0.3 is 0 Å². The second-order valence-electron chi connectivity index (χ2n) is 8.30. The fourth-order valence-electron chi connectivity index (χ4n) is 4.30. The molecule has 4 heterocycles. The van der Waals surface area contributed by atoms with E-state index < -0.39 is 0 Å². The van der Waals surface area contributed by atoms with Gasteiger partial charge in [0.2, 0.25) is 0 Å². The number of likely N-dealkylation sites (tertiary alicyclic amines) is 1. The molecular formula is C24H27N3O4. The van der Waals surface area contributed by atoms with E-state index in [4.69, 9.17) is 9.15 Å². The number of morpholine rings is 1. The van der Waals surface area contributed by atoms with Crippen molar-refractivity contribution in [2.24, 2.45) is 0 Å². The molecule has 0 spiro atoms. The van der Waals surface area contributed by atoms with E-state index in [-0.39, 0.29) is 12.0 Å². The lowest BCUT2D eigenvalue weighted by Crippen LogP contribution is -2.41. The van der Waals surface area contributed by atoms with Gasteiger partial charge in [0.15, 0.2) is 0 Å². The highest BCUT2D eigenvalue weighted by Crippen LogP contribution is 2.27. The number of rotatable bonds is 5. The minimum absolute atomic E-state index is 0.0460. The number of ether oxygens (including phenoxy) is 1. The van der Waals surface area contributed by atoms with Crippen molar-refractivity contribution < 1.29 is 19.1 Å². The molecule has 2 aromatic heterocycles. The Morgan fingerprint density at radius 2 is 1.94 bits per heavy atom. The smallest absolute Gasteiger partial charge is 0.272 e. The highest BCUT2D eigenvalue weighted by Gasteiger charge is 2.21. The second kappa shape index (κ2) is 8.78. The van der Waals surface area contributed by atoms with Crippen LogP contribution in [0.2, 0.25) is 0 Å². The molecule has 1 N–H and O–H groups in total. The van der Waals surface area contributed by atoms with Crippen LogP contribution in [0, 0.1) is 0 Å². The van der Waals surface area contributed by atoms with Crippen molar-refractivity contribution in [1.29, 1.82) is 0 Å². The van der Waals surface area contributed by atoms with Crippen LogP contribution >= 0.6 is 0 Å². The van der Waals surface area contributed by atoms with Crippen LogP contribution in [-0.4, -0.2) is 77.8 Å². The average molecular weight is 421 g/mol. The van der Waals surface area contributed by atoms with Gasteiger partial charge in [0.05, 0.1) is 19.3 Å². The van der Waals surface area contributed by atoms with Gasteiger partial charge in [-0.1, -0.05) is 12.1 Å². The molecule has 7 nitrogen and oxygen atoms in total. The topological polar surface area (TPSA) is 79.0 Å². The number of pyridine rings is 1. The summed E-state index contributed by atoms with van der Waals surface area (Å²) in [5.74, 6) is 0.911. The summed E-state index contributed by atoms with van der Waals surface area (Å²) in [7, 11) is 0. The number of β-amino-alcohol motifs (C(OH)–C–C–N with tert-alkyl or cyclic N) is 1. The summed E-state index contributed by atoms with van der Waals surface area (Å²) >= 11 is 0. The van der Waals surface area contributed by atoms with Gasteiger partial charge in [-0.05, 0) is 36.2 Å². The van der Waals surface area contributed by atoms with Crippen molar-refractivity contribution in [3.8, 4) is 11.1 Å². The highest BCUT2D eigenvalue weighted by atomic mass is 16.5. The van der Waals surface area contributed by atoms with E-state index in [1.165, 1.54) is 0 Å². The molecule has 162 valence electrons.